The molecule has 0 heterocycles. The number of aryl methyl sites for hydroxylation is 1. The van der Waals surface area contributed by atoms with Crippen molar-refractivity contribution in [3.8, 4) is 5.75 Å². The first kappa shape index (κ1) is 20.0. The predicted molar refractivity (Wildman–Crippen MR) is 106 cm³/mol. The van der Waals surface area contributed by atoms with Gasteiger partial charge in [0.05, 0.1) is 13.5 Å². The van der Waals surface area contributed by atoms with E-state index in [1.54, 1.807) is 7.11 Å². The fourth-order valence-electron chi connectivity index (χ4n) is 2.97. The highest BCUT2D eigenvalue weighted by Crippen LogP contribution is 2.19. The molecule has 0 aliphatic carbocycles. The number of carbonyl (C=O) groups excluding carboxylic acids is 1. The molecule has 0 bridgehead atoms. The van der Waals surface area contributed by atoms with Gasteiger partial charge >= 0.3 is 0 Å². The third kappa shape index (κ3) is 5.88. The molecule has 0 saturated carbocycles. The Hall–Kier alpha value is -2.33. The standard InChI is InChI=1S/C22H30N2O2/c1-5-24(6-2)16-20-9-7-8-19(12-20)15-23-22(25)14-18-11-10-17(3)21(13-18)26-4/h7-13H,5-6,14-16H2,1-4H3,(H,23,25). The Morgan fingerprint density at radius 1 is 1.04 bits per heavy atom. The SMILES string of the molecule is CCN(CC)Cc1cccc(CNC(=O)Cc2ccc(C)c(OC)c2)c1. The molecule has 4 nitrogen and oxygen atoms in total. The molecule has 0 aliphatic heterocycles. The lowest BCUT2D eigenvalue weighted by molar-refractivity contribution is -0.120. The number of benzene rings is 2. The zero-order chi connectivity index (χ0) is 18.9. The number of methoxy groups -OCH3 is 1. The Bertz CT molecular complexity index is 724. The van der Waals surface area contributed by atoms with Gasteiger partial charge in [0.1, 0.15) is 5.75 Å². The first-order valence-electron chi connectivity index (χ1n) is 9.26. The van der Waals surface area contributed by atoms with Gasteiger partial charge in [0, 0.05) is 13.1 Å². The first-order valence-corrected chi connectivity index (χ1v) is 9.26. The highest BCUT2D eigenvalue weighted by molar-refractivity contribution is 5.78. The minimum atomic E-state index is 0.0186. The molecule has 2 aromatic rings. The van der Waals surface area contributed by atoms with Crippen LogP contribution >= 0.6 is 0 Å². The molecule has 1 N–H and O–H groups in total. The van der Waals surface area contributed by atoms with Crippen LogP contribution in [0.1, 0.15) is 36.1 Å². The maximum atomic E-state index is 12.3. The summed E-state index contributed by atoms with van der Waals surface area (Å²) in [4.78, 5) is 14.6. The third-order valence-electron chi connectivity index (χ3n) is 4.62. The van der Waals surface area contributed by atoms with E-state index in [9.17, 15) is 4.79 Å². The van der Waals surface area contributed by atoms with Crippen LogP contribution in [0.25, 0.3) is 0 Å². The van der Waals surface area contributed by atoms with Gasteiger partial charge in [-0.3, -0.25) is 9.69 Å². The molecule has 0 aromatic heterocycles. The Balaban J connectivity index is 1.91. The lowest BCUT2D eigenvalue weighted by Crippen LogP contribution is -2.25. The molecule has 1 amide bonds. The van der Waals surface area contributed by atoms with Gasteiger partial charge in [-0.25, -0.2) is 0 Å². The summed E-state index contributed by atoms with van der Waals surface area (Å²) in [5.41, 5.74) is 4.44. The molecule has 2 rings (SSSR count). The van der Waals surface area contributed by atoms with Gasteiger partial charge in [-0.2, -0.15) is 0 Å². The molecule has 0 radical (unpaired) electrons. The molecule has 0 atom stereocenters. The van der Waals surface area contributed by atoms with E-state index in [1.807, 2.05) is 25.1 Å². The maximum Gasteiger partial charge on any atom is 0.224 e. The summed E-state index contributed by atoms with van der Waals surface area (Å²) in [7, 11) is 1.65. The van der Waals surface area contributed by atoms with Crippen LogP contribution in [-0.2, 0) is 24.3 Å². The molecule has 0 fully saturated rings. The number of ether oxygens (including phenoxy) is 1. The highest BCUT2D eigenvalue weighted by Gasteiger charge is 2.07. The molecule has 140 valence electrons. The van der Waals surface area contributed by atoms with E-state index in [-0.39, 0.29) is 5.91 Å². The smallest absolute Gasteiger partial charge is 0.224 e. The van der Waals surface area contributed by atoms with Crippen molar-refractivity contribution in [3.63, 3.8) is 0 Å². The second-order valence-corrected chi connectivity index (χ2v) is 6.54. The van der Waals surface area contributed by atoms with Gasteiger partial charge in [0.25, 0.3) is 0 Å². The largest absolute Gasteiger partial charge is 0.496 e. The van der Waals surface area contributed by atoms with Crippen LogP contribution in [0.2, 0.25) is 0 Å². The van der Waals surface area contributed by atoms with Crippen LogP contribution in [0.4, 0.5) is 0 Å². The number of rotatable bonds is 9. The number of nitrogens with one attached hydrogen (secondary N) is 1. The van der Waals surface area contributed by atoms with E-state index in [0.29, 0.717) is 13.0 Å². The first-order chi connectivity index (χ1) is 12.5. The molecule has 0 unspecified atom stereocenters. The van der Waals surface area contributed by atoms with Crippen molar-refractivity contribution in [1.29, 1.82) is 0 Å². The molecule has 0 aliphatic rings. The second-order valence-electron chi connectivity index (χ2n) is 6.54. The Morgan fingerprint density at radius 2 is 1.77 bits per heavy atom. The van der Waals surface area contributed by atoms with E-state index < -0.39 is 0 Å². The number of hydrogen-bond acceptors (Lipinski definition) is 3. The van der Waals surface area contributed by atoms with Crippen LogP contribution in [-0.4, -0.2) is 31.0 Å². The van der Waals surface area contributed by atoms with Gasteiger partial charge in [0.2, 0.25) is 5.91 Å². The molecule has 0 saturated heterocycles. The minimum absolute atomic E-state index is 0.0186. The van der Waals surface area contributed by atoms with Crippen LogP contribution in [0, 0.1) is 6.92 Å². The molecule has 4 heteroatoms. The van der Waals surface area contributed by atoms with Crippen molar-refractivity contribution in [2.24, 2.45) is 0 Å². The summed E-state index contributed by atoms with van der Waals surface area (Å²) in [6.45, 7) is 9.91. The zero-order valence-electron chi connectivity index (χ0n) is 16.3. The van der Waals surface area contributed by atoms with Crippen molar-refractivity contribution in [3.05, 3.63) is 64.7 Å². The van der Waals surface area contributed by atoms with Crippen molar-refractivity contribution >= 4 is 5.91 Å². The third-order valence-corrected chi connectivity index (χ3v) is 4.62. The van der Waals surface area contributed by atoms with E-state index in [4.69, 9.17) is 4.74 Å². The van der Waals surface area contributed by atoms with Crippen LogP contribution in [0.5, 0.6) is 5.75 Å². The molecule has 26 heavy (non-hydrogen) atoms. The number of hydrogen-bond donors (Lipinski definition) is 1. The average Bonchev–Trinajstić information content (AvgIpc) is 2.66. The Kier molecular flexibility index (Phi) is 7.67. The quantitative estimate of drug-likeness (QED) is 0.746. The lowest BCUT2D eigenvalue weighted by atomic mass is 10.1. The van der Waals surface area contributed by atoms with Crippen molar-refractivity contribution in [2.75, 3.05) is 20.2 Å². The van der Waals surface area contributed by atoms with Crippen molar-refractivity contribution in [2.45, 2.75) is 40.3 Å². The topological polar surface area (TPSA) is 41.6 Å². The Labute approximate surface area is 157 Å². The summed E-state index contributed by atoms with van der Waals surface area (Å²) >= 11 is 0. The van der Waals surface area contributed by atoms with E-state index in [0.717, 1.165) is 42.1 Å². The summed E-state index contributed by atoms with van der Waals surface area (Å²) < 4.78 is 5.32. The van der Waals surface area contributed by atoms with Crippen LogP contribution in [0.3, 0.4) is 0 Å². The number of carbonyl (C=O) groups is 1. The second kappa shape index (κ2) is 9.97. The fraction of sp³-hybridized carbons (Fsp3) is 0.409. The summed E-state index contributed by atoms with van der Waals surface area (Å²) in [5, 5.41) is 3.01. The monoisotopic (exact) mass is 354 g/mol. The minimum Gasteiger partial charge on any atom is -0.496 e. The number of nitrogens with zero attached hydrogens (tertiary/aromatic N) is 1. The molecule has 0 spiro atoms. The molecular weight excluding hydrogens is 324 g/mol. The maximum absolute atomic E-state index is 12.3. The molecule has 2 aromatic carbocycles. The van der Waals surface area contributed by atoms with Crippen LogP contribution in [0.15, 0.2) is 42.5 Å². The van der Waals surface area contributed by atoms with Crippen molar-refractivity contribution in [1.82, 2.24) is 10.2 Å². The fourth-order valence-corrected chi connectivity index (χ4v) is 2.97. The van der Waals surface area contributed by atoms with Gasteiger partial charge in [0.15, 0.2) is 0 Å². The van der Waals surface area contributed by atoms with E-state index >= 15 is 0 Å². The van der Waals surface area contributed by atoms with Crippen molar-refractivity contribution < 1.29 is 9.53 Å². The predicted octanol–water partition coefficient (Wildman–Crippen LogP) is 3.70. The normalized spacial score (nSPS) is 10.8. The summed E-state index contributed by atoms with van der Waals surface area (Å²) in [6.07, 6.45) is 0.357. The number of amides is 1. The summed E-state index contributed by atoms with van der Waals surface area (Å²) in [5.74, 6) is 0.837. The van der Waals surface area contributed by atoms with Crippen LogP contribution < -0.4 is 10.1 Å². The Morgan fingerprint density at radius 3 is 2.46 bits per heavy atom. The van der Waals surface area contributed by atoms with Gasteiger partial charge < -0.3 is 10.1 Å². The highest BCUT2D eigenvalue weighted by atomic mass is 16.5. The summed E-state index contributed by atoms with van der Waals surface area (Å²) in [6, 6.07) is 14.3. The van der Waals surface area contributed by atoms with Gasteiger partial charge in [-0.05, 0) is 48.3 Å². The average molecular weight is 354 g/mol. The van der Waals surface area contributed by atoms with Gasteiger partial charge in [-0.15, -0.1) is 0 Å². The lowest BCUT2D eigenvalue weighted by Gasteiger charge is -2.18. The van der Waals surface area contributed by atoms with Gasteiger partial charge in [-0.1, -0.05) is 50.2 Å². The van der Waals surface area contributed by atoms with E-state index in [1.165, 1.54) is 5.56 Å². The van der Waals surface area contributed by atoms with E-state index in [2.05, 4.69) is 48.3 Å². The zero-order valence-corrected chi connectivity index (χ0v) is 16.3. The molecular formula is C22H30N2O2.